The Morgan fingerprint density at radius 1 is 1.52 bits per heavy atom. The van der Waals surface area contributed by atoms with Crippen LogP contribution in [0.25, 0.3) is 11.2 Å². The number of nitrogens with one attached hydrogen (secondary N) is 1. The van der Waals surface area contributed by atoms with E-state index in [9.17, 15) is 20.1 Å². The van der Waals surface area contributed by atoms with E-state index < -0.39 is 37.1 Å². The highest BCUT2D eigenvalue weighted by Crippen LogP contribution is 2.31. The summed E-state index contributed by atoms with van der Waals surface area (Å²) in [5, 5.41) is 29.3. The van der Waals surface area contributed by atoms with E-state index >= 15 is 0 Å². The van der Waals surface area contributed by atoms with Crippen LogP contribution in [0.3, 0.4) is 0 Å². The molecule has 124 valence electrons. The van der Waals surface area contributed by atoms with Gasteiger partial charge in [-0.3, -0.25) is 9.36 Å². The third kappa shape index (κ3) is 2.64. The summed E-state index contributed by atoms with van der Waals surface area (Å²) in [6.45, 7) is 0.734. The lowest BCUT2D eigenvalue weighted by atomic mass is 10.1. The number of aliphatic hydroxyl groups is 3. The van der Waals surface area contributed by atoms with Crippen molar-refractivity contribution in [2.24, 2.45) is 4.99 Å². The van der Waals surface area contributed by atoms with E-state index in [4.69, 9.17) is 16.3 Å². The highest BCUT2D eigenvalue weighted by Gasteiger charge is 2.44. The molecule has 0 spiro atoms. The molecule has 10 nitrogen and oxygen atoms in total. The Labute approximate surface area is 134 Å². The quantitative estimate of drug-likeness (QED) is 0.484. The summed E-state index contributed by atoms with van der Waals surface area (Å²) in [5.41, 5.74) is 0.460. The Kier molecular flexibility index (Phi) is 4.17. The van der Waals surface area contributed by atoms with Gasteiger partial charge in [-0.15, -0.1) is 0 Å². The Balaban J connectivity index is 2.23. The van der Waals surface area contributed by atoms with Crippen molar-refractivity contribution in [1.29, 1.82) is 0 Å². The number of aromatic amines is 1. The van der Waals surface area contributed by atoms with E-state index in [-0.39, 0.29) is 16.4 Å². The number of carbonyl (C=O) groups is 1. The van der Waals surface area contributed by atoms with E-state index in [1.54, 1.807) is 0 Å². The molecule has 4 atom stereocenters. The number of carbonyl (C=O) groups excluding carboxylic acids is 1. The van der Waals surface area contributed by atoms with Crippen LogP contribution in [0, 0.1) is 0 Å². The first-order valence-corrected chi connectivity index (χ1v) is 7.10. The highest BCUT2D eigenvalue weighted by molar-refractivity contribution is 6.33. The van der Waals surface area contributed by atoms with Gasteiger partial charge in [-0.25, -0.2) is 4.98 Å². The number of amides is 1. The molecular formula is C12H14ClN5O5. The third-order valence-corrected chi connectivity index (χ3v) is 3.86. The van der Waals surface area contributed by atoms with Crippen LogP contribution in [0.4, 0.5) is 0 Å². The zero-order chi connectivity index (χ0) is 16.7. The number of rotatable bonds is 2. The number of H-pyrrole nitrogens is 1. The van der Waals surface area contributed by atoms with Gasteiger partial charge >= 0.3 is 0 Å². The van der Waals surface area contributed by atoms with Crippen molar-refractivity contribution in [3.8, 4) is 0 Å². The van der Waals surface area contributed by atoms with Crippen LogP contribution in [0.2, 0.25) is 5.15 Å². The molecule has 3 heterocycles. The Hall–Kier alpha value is -1.85. The molecule has 1 fully saturated rings. The van der Waals surface area contributed by atoms with Gasteiger partial charge in [-0.2, -0.15) is 9.98 Å². The topological polar surface area (TPSA) is 146 Å². The lowest BCUT2D eigenvalue weighted by Gasteiger charge is -2.20. The molecule has 0 unspecified atom stereocenters. The van der Waals surface area contributed by atoms with Gasteiger partial charge in [0.25, 0.3) is 0 Å². The largest absolute Gasteiger partial charge is 0.394 e. The van der Waals surface area contributed by atoms with Crippen molar-refractivity contribution in [3.63, 3.8) is 0 Å². The number of fused-ring (bicyclic) bond motifs is 1. The maximum absolute atomic E-state index is 11.3. The predicted octanol–water partition coefficient (Wildman–Crippen LogP) is -1.53. The van der Waals surface area contributed by atoms with Crippen LogP contribution in [0.5, 0.6) is 0 Å². The second-order valence-corrected chi connectivity index (χ2v) is 5.39. The van der Waals surface area contributed by atoms with E-state index in [1.165, 1.54) is 17.8 Å². The second-order valence-electron chi connectivity index (χ2n) is 5.03. The first-order valence-electron chi connectivity index (χ1n) is 6.73. The summed E-state index contributed by atoms with van der Waals surface area (Å²) in [6, 6.07) is 0. The monoisotopic (exact) mass is 343 g/mol. The number of hydrogen-bond donors (Lipinski definition) is 4. The summed E-state index contributed by atoms with van der Waals surface area (Å²) in [5.74, 6) is -0.538. The zero-order valence-electron chi connectivity index (χ0n) is 11.9. The fourth-order valence-electron chi connectivity index (χ4n) is 2.42. The molecule has 11 heteroatoms. The zero-order valence-corrected chi connectivity index (χ0v) is 12.7. The summed E-state index contributed by atoms with van der Waals surface area (Å²) in [7, 11) is 0. The van der Waals surface area contributed by atoms with Crippen LogP contribution in [-0.2, 0) is 9.53 Å². The molecule has 1 aliphatic heterocycles. The number of aromatic nitrogens is 4. The first kappa shape index (κ1) is 16.0. The Morgan fingerprint density at radius 3 is 2.87 bits per heavy atom. The van der Waals surface area contributed by atoms with E-state index in [0.29, 0.717) is 5.52 Å². The van der Waals surface area contributed by atoms with Gasteiger partial charge in [0.2, 0.25) is 11.5 Å². The average Bonchev–Trinajstić information content (AvgIpc) is 3.06. The maximum Gasteiger partial charge on any atom is 0.245 e. The summed E-state index contributed by atoms with van der Waals surface area (Å²) in [4.78, 5) is 25.9. The minimum absolute atomic E-state index is 0.0438. The molecule has 0 aliphatic carbocycles. The number of ether oxygens (including phenoxy) is 1. The maximum atomic E-state index is 11.3. The second kappa shape index (κ2) is 5.98. The summed E-state index contributed by atoms with van der Waals surface area (Å²) in [6.07, 6.45) is -3.52. The lowest BCUT2D eigenvalue weighted by Crippen LogP contribution is -2.37. The van der Waals surface area contributed by atoms with Crippen molar-refractivity contribution >= 4 is 28.7 Å². The van der Waals surface area contributed by atoms with Crippen molar-refractivity contribution in [1.82, 2.24) is 19.5 Å². The first-order chi connectivity index (χ1) is 10.9. The van der Waals surface area contributed by atoms with Crippen LogP contribution < -0.4 is 5.62 Å². The molecule has 1 saturated heterocycles. The van der Waals surface area contributed by atoms with Gasteiger partial charge in [0.05, 0.1) is 12.9 Å². The SMILES string of the molecule is CC(=O)N=c1nc2nc[nH]c2c(Cl)n1[C@@H]1O[C@H](CO)[C@H](O)[C@H]1O. The molecule has 2 aromatic heterocycles. The van der Waals surface area contributed by atoms with Crippen molar-refractivity contribution < 1.29 is 24.9 Å². The molecule has 1 aliphatic rings. The van der Waals surface area contributed by atoms with E-state index in [2.05, 4.69) is 19.9 Å². The van der Waals surface area contributed by atoms with Gasteiger partial charge in [0.1, 0.15) is 29.0 Å². The van der Waals surface area contributed by atoms with Gasteiger partial charge in [0, 0.05) is 6.92 Å². The minimum atomic E-state index is -1.39. The van der Waals surface area contributed by atoms with E-state index in [1.807, 2.05) is 0 Å². The molecular weight excluding hydrogens is 330 g/mol. The molecule has 2 aromatic rings. The Morgan fingerprint density at radius 2 is 2.26 bits per heavy atom. The lowest BCUT2D eigenvalue weighted by molar-refractivity contribution is -0.116. The molecule has 0 radical (unpaired) electrons. The number of imidazole rings is 1. The van der Waals surface area contributed by atoms with Crippen molar-refractivity contribution in [3.05, 3.63) is 17.1 Å². The van der Waals surface area contributed by atoms with Gasteiger partial charge in [-0.05, 0) is 0 Å². The van der Waals surface area contributed by atoms with Crippen molar-refractivity contribution in [2.45, 2.75) is 31.5 Å². The molecule has 4 N–H and O–H groups in total. The van der Waals surface area contributed by atoms with Crippen molar-refractivity contribution in [2.75, 3.05) is 6.61 Å². The molecule has 3 rings (SSSR count). The molecule has 0 saturated carbocycles. The summed E-state index contributed by atoms with van der Waals surface area (Å²) < 4.78 is 6.61. The smallest absolute Gasteiger partial charge is 0.245 e. The Bertz CT molecular complexity index is 818. The van der Waals surface area contributed by atoms with Crippen LogP contribution in [0.1, 0.15) is 13.2 Å². The van der Waals surface area contributed by atoms with Gasteiger partial charge < -0.3 is 25.0 Å². The number of aliphatic hydroxyl groups excluding tert-OH is 3. The summed E-state index contributed by atoms with van der Waals surface area (Å²) >= 11 is 6.30. The highest BCUT2D eigenvalue weighted by atomic mass is 35.5. The van der Waals surface area contributed by atoms with Crippen LogP contribution in [-0.4, -0.2) is 65.7 Å². The average molecular weight is 344 g/mol. The third-order valence-electron chi connectivity index (χ3n) is 3.49. The predicted molar refractivity (Wildman–Crippen MR) is 76.1 cm³/mol. The van der Waals surface area contributed by atoms with Crippen LogP contribution in [0.15, 0.2) is 11.3 Å². The number of hydrogen-bond acceptors (Lipinski definition) is 7. The standard InChI is InChI=1S/C12H14ClN5O5/c1-4(20)16-12-17-10-6(14-3-15-10)9(13)18(12)11-8(22)7(21)5(2-19)23-11/h3,5,7-8,11,19,21-22H,2H2,1H3,(H,14,15,16,17,20)/t5-,7+,8-,11-/m1/s1. The van der Waals surface area contributed by atoms with Gasteiger partial charge in [0.15, 0.2) is 11.9 Å². The fourth-order valence-corrected chi connectivity index (χ4v) is 2.73. The number of halogens is 1. The van der Waals surface area contributed by atoms with Gasteiger partial charge in [-0.1, -0.05) is 11.6 Å². The molecule has 23 heavy (non-hydrogen) atoms. The minimum Gasteiger partial charge on any atom is -0.394 e. The fraction of sp³-hybridized carbons (Fsp3) is 0.500. The van der Waals surface area contributed by atoms with E-state index in [0.717, 1.165) is 0 Å². The molecule has 0 aromatic carbocycles. The normalized spacial score (nSPS) is 28.7. The molecule has 1 amide bonds. The number of nitrogens with zero attached hydrogens (tertiary/aromatic N) is 4. The van der Waals surface area contributed by atoms with Crippen LogP contribution >= 0.6 is 11.6 Å². The molecule has 0 bridgehead atoms.